The number of benzene rings is 1. The number of halogens is 1. The first-order valence-electron chi connectivity index (χ1n) is 5.68. The Morgan fingerprint density at radius 2 is 2.32 bits per heavy atom. The molecule has 0 saturated carbocycles. The average molecular weight is 295 g/mol. The van der Waals surface area contributed by atoms with E-state index in [0.29, 0.717) is 29.2 Å². The highest BCUT2D eigenvalue weighted by Gasteiger charge is 2.32. The monoisotopic (exact) mass is 294 g/mol. The molecule has 2 rings (SSSR count). The number of nitrogens with zero attached hydrogens (tertiary/aromatic N) is 2. The number of carbonyl (C=O) groups is 2. The first kappa shape index (κ1) is 13.9. The molecule has 6 heteroatoms. The van der Waals surface area contributed by atoms with Gasteiger partial charge in [0.2, 0.25) is 5.91 Å². The summed E-state index contributed by atoms with van der Waals surface area (Å²) >= 11 is 7.15. The van der Waals surface area contributed by atoms with E-state index in [2.05, 4.69) is 0 Å². The lowest BCUT2D eigenvalue weighted by Gasteiger charge is -2.16. The number of nitriles is 1. The molecule has 1 atom stereocenters. The van der Waals surface area contributed by atoms with Crippen LogP contribution in [0.1, 0.15) is 18.9 Å². The standard InChI is InChI=1S/C13H11ClN2O2S/c1-8(17)19-11-5-13(18)16(7-11)10-3-2-9(6-15)12(14)4-10/h2-4,11H,5,7H2,1H3. The highest BCUT2D eigenvalue weighted by Crippen LogP contribution is 2.30. The van der Waals surface area contributed by atoms with E-state index in [1.807, 2.05) is 6.07 Å². The lowest BCUT2D eigenvalue weighted by Crippen LogP contribution is -2.24. The highest BCUT2D eigenvalue weighted by atomic mass is 35.5. The molecule has 0 aromatic heterocycles. The van der Waals surface area contributed by atoms with Crippen molar-refractivity contribution in [1.29, 1.82) is 5.26 Å². The molecule has 1 unspecified atom stereocenters. The maximum Gasteiger partial charge on any atom is 0.228 e. The topological polar surface area (TPSA) is 61.2 Å². The van der Waals surface area contributed by atoms with Crippen LogP contribution in [0.5, 0.6) is 0 Å². The molecular formula is C13H11ClN2O2S. The molecule has 0 spiro atoms. The lowest BCUT2D eigenvalue weighted by molar-refractivity contribution is -0.117. The molecule has 0 bridgehead atoms. The summed E-state index contributed by atoms with van der Waals surface area (Å²) in [6.45, 7) is 1.99. The van der Waals surface area contributed by atoms with Crippen LogP contribution in [0.25, 0.3) is 0 Å². The average Bonchev–Trinajstić information content (AvgIpc) is 2.69. The summed E-state index contributed by atoms with van der Waals surface area (Å²) in [4.78, 5) is 24.6. The summed E-state index contributed by atoms with van der Waals surface area (Å²) < 4.78 is 0. The van der Waals surface area contributed by atoms with Gasteiger partial charge in [-0.05, 0) is 18.2 Å². The second-order valence-corrected chi connectivity index (χ2v) is 6.10. The minimum atomic E-state index is -0.0282. The van der Waals surface area contributed by atoms with E-state index < -0.39 is 0 Å². The van der Waals surface area contributed by atoms with Crippen LogP contribution in [0.3, 0.4) is 0 Å². The predicted octanol–water partition coefficient (Wildman–Crippen LogP) is 2.60. The maximum atomic E-state index is 11.9. The van der Waals surface area contributed by atoms with E-state index in [1.54, 1.807) is 23.1 Å². The van der Waals surface area contributed by atoms with E-state index in [-0.39, 0.29) is 16.3 Å². The molecule has 1 saturated heterocycles. The van der Waals surface area contributed by atoms with Crippen LogP contribution in [0, 0.1) is 11.3 Å². The quantitative estimate of drug-likeness (QED) is 0.841. The zero-order chi connectivity index (χ0) is 14.0. The predicted molar refractivity (Wildman–Crippen MR) is 75.2 cm³/mol. The molecule has 1 aliphatic rings. The van der Waals surface area contributed by atoms with Crippen molar-refractivity contribution in [2.45, 2.75) is 18.6 Å². The fourth-order valence-corrected chi connectivity index (χ4v) is 3.14. The van der Waals surface area contributed by atoms with Gasteiger partial charge in [0.25, 0.3) is 0 Å². The second kappa shape index (κ2) is 5.64. The van der Waals surface area contributed by atoms with Gasteiger partial charge in [-0.15, -0.1) is 0 Å². The molecule has 1 heterocycles. The molecule has 1 aromatic carbocycles. The molecular weight excluding hydrogens is 284 g/mol. The van der Waals surface area contributed by atoms with Crippen molar-refractivity contribution in [2.75, 3.05) is 11.4 Å². The number of carbonyl (C=O) groups excluding carboxylic acids is 2. The summed E-state index contributed by atoms with van der Waals surface area (Å²) in [5.74, 6) is -0.0282. The Hall–Kier alpha value is -1.51. The molecule has 0 radical (unpaired) electrons. The van der Waals surface area contributed by atoms with Gasteiger partial charge in [0.1, 0.15) is 6.07 Å². The van der Waals surface area contributed by atoms with Gasteiger partial charge < -0.3 is 4.90 Å². The van der Waals surface area contributed by atoms with Gasteiger partial charge in [-0.1, -0.05) is 23.4 Å². The van der Waals surface area contributed by atoms with Gasteiger partial charge in [0.15, 0.2) is 5.12 Å². The molecule has 1 aliphatic heterocycles. The van der Waals surface area contributed by atoms with Crippen molar-refractivity contribution in [2.24, 2.45) is 0 Å². The SMILES string of the molecule is CC(=O)SC1CC(=O)N(c2ccc(C#N)c(Cl)c2)C1. The van der Waals surface area contributed by atoms with Gasteiger partial charge in [0, 0.05) is 30.8 Å². The Labute approximate surface area is 120 Å². The van der Waals surface area contributed by atoms with Crippen LogP contribution in [0.4, 0.5) is 5.69 Å². The first-order chi connectivity index (χ1) is 9.01. The van der Waals surface area contributed by atoms with Crippen LogP contribution in [-0.4, -0.2) is 22.8 Å². The lowest BCUT2D eigenvalue weighted by atomic mass is 10.2. The summed E-state index contributed by atoms with van der Waals surface area (Å²) in [5, 5.41) is 9.14. The zero-order valence-corrected chi connectivity index (χ0v) is 11.8. The first-order valence-corrected chi connectivity index (χ1v) is 6.94. The molecule has 1 aromatic rings. The number of hydrogen-bond acceptors (Lipinski definition) is 4. The fourth-order valence-electron chi connectivity index (χ4n) is 2.00. The van der Waals surface area contributed by atoms with E-state index in [4.69, 9.17) is 16.9 Å². The van der Waals surface area contributed by atoms with Crippen molar-refractivity contribution in [3.05, 3.63) is 28.8 Å². The Morgan fingerprint density at radius 3 is 2.89 bits per heavy atom. The molecule has 1 fully saturated rings. The molecule has 98 valence electrons. The van der Waals surface area contributed by atoms with Crippen molar-refractivity contribution in [3.8, 4) is 6.07 Å². The molecule has 4 nitrogen and oxygen atoms in total. The summed E-state index contributed by atoms with van der Waals surface area (Å²) in [5.41, 5.74) is 1.05. The Morgan fingerprint density at radius 1 is 1.58 bits per heavy atom. The van der Waals surface area contributed by atoms with Crippen LogP contribution in [0.15, 0.2) is 18.2 Å². The number of hydrogen-bond donors (Lipinski definition) is 0. The molecule has 1 amide bonds. The smallest absolute Gasteiger partial charge is 0.228 e. The minimum absolute atomic E-state index is 0.0116. The Kier molecular flexibility index (Phi) is 4.13. The van der Waals surface area contributed by atoms with E-state index in [1.165, 1.54) is 18.7 Å². The Balaban J connectivity index is 2.19. The molecule has 0 N–H and O–H groups in total. The van der Waals surface area contributed by atoms with E-state index in [9.17, 15) is 9.59 Å². The van der Waals surface area contributed by atoms with Crippen molar-refractivity contribution < 1.29 is 9.59 Å². The maximum absolute atomic E-state index is 11.9. The second-order valence-electron chi connectivity index (χ2n) is 4.22. The van der Waals surface area contributed by atoms with Gasteiger partial charge in [0.05, 0.1) is 10.6 Å². The highest BCUT2D eigenvalue weighted by molar-refractivity contribution is 8.14. The third kappa shape index (κ3) is 3.09. The van der Waals surface area contributed by atoms with Gasteiger partial charge in [-0.25, -0.2) is 0 Å². The van der Waals surface area contributed by atoms with Crippen LogP contribution in [0.2, 0.25) is 5.02 Å². The van der Waals surface area contributed by atoms with E-state index >= 15 is 0 Å². The third-order valence-corrected chi connectivity index (χ3v) is 4.10. The largest absolute Gasteiger partial charge is 0.311 e. The van der Waals surface area contributed by atoms with Gasteiger partial charge >= 0.3 is 0 Å². The Bertz CT molecular complexity index is 582. The summed E-state index contributed by atoms with van der Waals surface area (Å²) in [6.07, 6.45) is 0.349. The van der Waals surface area contributed by atoms with E-state index in [0.717, 1.165) is 0 Å². The minimum Gasteiger partial charge on any atom is -0.311 e. The van der Waals surface area contributed by atoms with Crippen LogP contribution < -0.4 is 4.90 Å². The normalized spacial score (nSPS) is 18.5. The van der Waals surface area contributed by atoms with Crippen molar-refractivity contribution in [1.82, 2.24) is 0 Å². The van der Waals surface area contributed by atoms with Crippen LogP contribution >= 0.6 is 23.4 Å². The number of amides is 1. The van der Waals surface area contributed by atoms with Gasteiger partial charge in [-0.3, -0.25) is 9.59 Å². The van der Waals surface area contributed by atoms with Crippen LogP contribution in [-0.2, 0) is 9.59 Å². The fraction of sp³-hybridized carbons (Fsp3) is 0.308. The third-order valence-electron chi connectivity index (χ3n) is 2.81. The summed E-state index contributed by atoms with van der Waals surface area (Å²) in [7, 11) is 0. The number of rotatable bonds is 2. The van der Waals surface area contributed by atoms with Crippen molar-refractivity contribution >= 4 is 40.1 Å². The number of anilines is 1. The van der Waals surface area contributed by atoms with Gasteiger partial charge in [-0.2, -0.15) is 5.26 Å². The number of thioether (sulfide) groups is 1. The zero-order valence-electron chi connectivity index (χ0n) is 10.2. The molecule has 0 aliphatic carbocycles. The summed E-state index contributed by atoms with van der Waals surface area (Å²) in [6, 6.07) is 6.88. The molecule has 19 heavy (non-hydrogen) atoms. The van der Waals surface area contributed by atoms with Crippen molar-refractivity contribution in [3.63, 3.8) is 0 Å².